The predicted octanol–water partition coefficient (Wildman–Crippen LogP) is 3.28. The van der Waals surface area contributed by atoms with Gasteiger partial charge >= 0.3 is 5.97 Å². The van der Waals surface area contributed by atoms with Crippen LogP contribution < -0.4 is 0 Å². The van der Waals surface area contributed by atoms with Gasteiger partial charge in [0, 0.05) is 24.0 Å². The van der Waals surface area contributed by atoms with E-state index in [0.717, 1.165) is 12.8 Å². The molecule has 1 saturated carbocycles. The van der Waals surface area contributed by atoms with E-state index in [2.05, 4.69) is 4.98 Å². The van der Waals surface area contributed by atoms with Gasteiger partial charge in [0.05, 0.1) is 5.41 Å². The molecule has 2 heterocycles. The van der Waals surface area contributed by atoms with E-state index in [-0.39, 0.29) is 29.9 Å². The van der Waals surface area contributed by atoms with E-state index in [4.69, 9.17) is 0 Å². The van der Waals surface area contributed by atoms with Crippen LogP contribution in [0.1, 0.15) is 29.8 Å². The van der Waals surface area contributed by atoms with Crippen molar-refractivity contribution in [2.75, 3.05) is 13.1 Å². The SMILES string of the molecule is O=C(c1csc(-c2ccccc2F)n1)N1C[C@@H]2CCC[C@@]2(C(=O)O)C1. The number of halogens is 1. The number of hydrogen-bond acceptors (Lipinski definition) is 4. The monoisotopic (exact) mass is 360 g/mol. The number of rotatable bonds is 3. The van der Waals surface area contributed by atoms with Crippen LogP contribution in [0.15, 0.2) is 29.6 Å². The Morgan fingerprint density at radius 1 is 1.36 bits per heavy atom. The van der Waals surface area contributed by atoms with Crippen LogP contribution in [0.3, 0.4) is 0 Å². The molecule has 25 heavy (non-hydrogen) atoms. The summed E-state index contributed by atoms with van der Waals surface area (Å²) in [6.07, 6.45) is 2.36. The molecule has 2 atom stereocenters. The molecule has 130 valence electrons. The summed E-state index contributed by atoms with van der Waals surface area (Å²) in [5.74, 6) is -1.44. The summed E-state index contributed by atoms with van der Waals surface area (Å²) in [6, 6.07) is 6.31. The highest BCUT2D eigenvalue weighted by molar-refractivity contribution is 7.13. The molecule has 2 aliphatic rings. The van der Waals surface area contributed by atoms with Crippen LogP contribution in [0, 0.1) is 17.2 Å². The second-order valence-electron chi connectivity index (χ2n) is 6.75. The zero-order valence-corrected chi connectivity index (χ0v) is 14.3. The number of aliphatic carboxylic acids is 1. The van der Waals surface area contributed by atoms with Gasteiger partial charge in [0.1, 0.15) is 16.5 Å². The Kier molecular flexibility index (Phi) is 3.83. The highest BCUT2D eigenvalue weighted by Crippen LogP contribution is 2.49. The van der Waals surface area contributed by atoms with Crippen molar-refractivity contribution >= 4 is 23.2 Å². The Bertz CT molecular complexity index is 852. The van der Waals surface area contributed by atoms with Crippen molar-refractivity contribution in [3.63, 3.8) is 0 Å². The molecule has 1 N–H and O–H groups in total. The molecule has 0 radical (unpaired) electrons. The number of amides is 1. The Labute approximate surface area is 148 Å². The van der Waals surface area contributed by atoms with Crippen molar-refractivity contribution in [1.82, 2.24) is 9.88 Å². The quantitative estimate of drug-likeness (QED) is 0.912. The Balaban J connectivity index is 1.57. The normalized spacial score (nSPS) is 25.2. The Morgan fingerprint density at radius 2 is 2.16 bits per heavy atom. The van der Waals surface area contributed by atoms with E-state index in [0.29, 0.717) is 23.5 Å². The van der Waals surface area contributed by atoms with Crippen LogP contribution in [-0.4, -0.2) is 40.0 Å². The lowest BCUT2D eigenvalue weighted by molar-refractivity contribution is -0.149. The van der Waals surface area contributed by atoms with Crippen molar-refractivity contribution in [3.05, 3.63) is 41.2 Å². The van der Waals surface area contributed by atoms with Crippen molar-refractivity contribution < 1.29 is 19.1 Å². The van der Waals surface area contributed by atoms with Gasteiger partial charge in [-0.05, 0) is 30.9 Å². The number of hydrogen-bond donors (Lipinski definition) is 1. The number of benzene rings is 1. The van der Waals surface area contributed by atoms with Gasteiger partial charge in [-0.1, -0.05) is 18.6 Å². The lowest BCUT2D eigenvalue weighted by Gasteiger charge is -2.23. The first-order chi connectivity index (χ1) is 12.0. The van der Waals surface area contributed by atoms with Crippen molar-refractivity contribution in [3.8, 4) is 10.6 Å². The van der Waals surface area contributed by atoms with Crippen molar-refractivity contribution in [2.24, 2.45) is 11.3 Å². The number of carboxylic acid groups (broad SMARTS) is 1. The number of nitrogens with zero attached hydrogens (tertiary/aromatic N) is 2. The molecule has 1 aliphatic carbocycles. The van der Waals surface area contributed by atoms with E-state index in [9.17, 15) is 19.1 Å². The summed E-state index contributed by atoms with van der Waals surface area (Å²) in [6.45, 7) is 0.691. The average Bonchev–Trinajstić information content (AvgIpc) is 3.28. The van der Waals surface area contributed by atoms with E-state index in [1.54, 1.807) is 28.5 Å². The fourth-order valence-electron chi connectivity index (χ4n) is 4.09. The zero-order valence-electron chi connectivity index (χ0n) is 13.4. The number of aromatic nitrogens is 1. The van der Waals surface area contributed by atoms with Gasteiger partial charge in [0.25, 0.3) is 5.91 Å². The molecular weight excluding hydrogens is 343 g/mol. The minimum Gasteiger partial charge on any atom is -0.481 e. The third kappa shape index (κ3) is 2.54. The second-order valence-corrected chi connectivity index (χ2v) is 7.61. The lowest BCUT2D eigenvalue weighted by atomic mass is 9.81. The minimum atomic E-state index is -0.810. The largest absolute Gasteiger partial charge is 0.481 e. The van der Waals surface area contributed by atoms with Crippen LogP contribution >= 0.6 is 11.3 Å². The standard InChI is InChI=1S/C18H17FN2O3S/c19-13-6-2-1-5-12(13)15-20-14(9-25-15)16(22)21-8-11-4-3-7-18(11,10-21)17(23)24/h1-2,5-6,9,11H,3-4,7-8,10H2,(H,23,24)/t11-,18+/m0/s1. The van der Waals surface area contributed by atoms with Gasteiger partial charge in [0.15, 0.2) is 0 Å². The summed E-state index contributed by atoms with van der Waals surface area (Å²) in [7, 11) is 0. The number of thiazole rings is 1. The predicted molar refractivity (Wildman–Crippen MR) is 90.8 cm³/mol. The van der Waals surface area contributed by atoms with Crippen LogP contribution in [-0.2, 0) is 4.79 Å². The molecule has 1 aromatic carbocycles. The summed E-state index contributed by atoms with van der Waals surface area (Å²) < 4.78 is 13.9. The first-order valence-electron chi connectivity index (χ1n) is 8.24. The summed E-state index contributed by atoms with van der Waals surface area (Å²) >= 11 is 1.22. The maximum Gasteiger partial charge on any atom is 0.311 e. The highest BCUT2D eigenvalue weighted by atomic mass is 32.1. The molecule has 5 nitrogen and oxygen atoms in total. The molecule has 1 aromatic heterocycles. The van der Waals surface area contributed by atoms with Crippen molar-refractivity contribution in [1.29, 1.82) is 0 Å². The highest BCUT2D eigenvalue weighted by Gasteiger charge is 2.56. The van der Waals surface area contributed by atoms with E-state index in [1.807, 2.05) is 0 Å². The number of carbonyl (C=O) groups excluding carboxylic acids is 1. The topological polar surface area (TPSA) is 70.5 Å². The molecule has 1 saturated heterocycles. The van der Waals surface area contributed by atoms with Crippen molar-refractivity contribution in [2.45, 2.75) is 19.3 Å². The van der Waals surface area contributed by atoms with E-state index >= 15 is 0 Å². The summed E-state index contributed by atoms with van der Waals surface area (Å²) in [5.41, 5.74) is -0.185. The fraction of sp³-hybridized carbons (Fsp3) is 0.389. The smallest absolute Gasteiger partial charge is 0.311 e. The van der Waals surface area contributed by atoms with Gasteiger partial charge in [-0.15, -0.1) is 11.3 Å². The van der Waals surface area contributed by atoms with Gasteiger partial charge < -0.3 is 10.0 Å². The van der Waals surface area contributed by atoms with Gasteiger partial charge in [-0.25, -0.2) is 9.37 Å². The maximum atomic E-state index is 13.9. The molecule has 7 heteroatoms. The molecule has 0 spiro atoms. The molecule has 2 aromatic rings. The molecule has 4 rings (SSSR count). The van der Waals surface area contributed by atoms with E-state index < -0.39 is 11.4 Å². The minimum absolute atomic E-state index is 0.0126. The Morgan fingerprint density at radius 3 is 2.88 bits per heavy atom. The van der Waals surface area contributed by atoms with Crippen LogP contribution in [0.4, 0.5) is 4.39 Å². The van der Waals surface area contributed by atoms with Gasteiger partial charge in [-0.2, -0.15) is 0 Å². The number of carboxylic acids is 1. The van der Waals surface area contributed by atoms with Gasteiger partial charge in [0.2, 0.25) is 0 Å². The second kappa shape index (κ2) is 5.91. The van der Waals surface area contributed by atoms with E-state index in [1.165, 1.54) is 17.4 Å². The molecular formula is C18H17FN2O3S. The molecule has 0 unspecified atom stereocenters. The third-order valence-electron chi connectivity index (χ3n) is 5.41. The number of fused-ring (bicyclic) bond motifs is 1. The summed E-state index contributed by atoms with van der Waals surface area (Å²) in [5, 5.41) is 11.7. The number of carbonyl (C=O) groups is 2. The first kappa shape index (κ1) is 16.2. The zero-order chi connectivity index (χ0) is 17.6. The van der Waals surface area contributed by atoms with Gasteiger partial charge in [-0.3, -0.25) is 9.59 Å². The lowest BCUT2D eigenvalue weighted by Crippen LogP contribution is -2.37. The molecule has 1 amide bonds. The maximum absolute atomic E-state index is 13.9. The third-order valence-corrected chi connectivity index (χ3v) is 6.29. The Hall–Kier alpha value is -2.28. The van der Waals surface area contributed by atoms with Crippen LogP contribution in [0.25, 0.3) is 10.6 Å². The fourth-order valence-corrected chi connectivity index (χ4v) is 4.91. The summed E-state index contributed by atoms with van der Waals surface area (Å²) in [4.78, 5) is 30.4. The first-order valence-corrected chi connectivity index (χ1v) is 9.12. The molecule has 1 aliphatic heterocycles. The molecule has 2 fully saturated rings. The number of likely N-dealkylation sites (tertiary alicyclic amines) is 1. The van der Waals surface area contributed by atoms with Crippen LogP contribution in [0.2, 0.25) is 0 Å². The average molecular weight is 360 g/mol. The van der Waals surface area contributed by atoms with Crippen LogP contribution in [0.5, 0.6) is 0 Å². The molecule has 0 bridgehead atoms.